The molecule has 1 fully saturated rings. The van der Waals surface area contributed by atoms with Crippen LogP contribution < -0.4 is 10.6 Å². The smallest absolute Gasteiger partial charge is 0.322 e. The molecule has 0 saturated carbocycles. The average molecular weight is 390 g/mol. The maximum atomic E-state index is 14.4. The minimum absolute atomic E-state index is 0.114. The van der Waals surface area contributed by atoms with Crippen molar-refractivity contribution in [3.63, 3.8) is 0 Å². The molecule has 2 N–H and O–H groups in total. The van der Waals surface area contributed by atoms with E-state index in [2.05, 4.69) is 15.6 Å². The number of carbonyl (C=O) groups excluding carboxylic acids is 2. The minimum Gasteiger partial charge on any atom is -0.367 e. The number of anilines is 2. The molecule has 0 aliphatic carbocycles. The van der Waals surface area contributed by atoms with Gasteiger partial charge in [0.15, 0.2) is 0 Å². The Bertz CT molecular complexity index is 901. The van der Waals surface area contributed by atoms with Crippen LogP contribution in [0.15, 0.2) is 17.5 Å². The van der Waals surface area contributed by atoms with E-state index in [0.717, 1.165) is 16.3 Å². The van der Waals surface area contributed by atoms with Gasteiger partial charge in [-0.15, -0.1) is 11.3 Å². The van der Waals surface area contributed by atoms with E-state index >= 15 is 0 Å². The van der Waals surface area contributed by atoms with Gasteiger partial charge in [-0.2, -0.15) is 0 Å². The number of halogens is 1. The van der Waals surface area contributed by atoms with Crippen molar-refractivity contribution in [1.29, 1.82) is 0 Å². The molecular formula is C18H19FN4O3S. The molecule has 2 aromatic rings. The zero-order valence-electron chi connectivity index (χ0n) is 14.8. The van der Waals surface area contributed by atoms with Crippen LogP contribution in [0.3, 0.4) is 0 Å². The number of benzene rings is 1. The quantitative estimate of drug-likeness (QED) is 0.826. The summed E-state index contributed by atoms with van der Waals surface area (Å²) in [7, 11) is 0. The van der Waals surface area contributed by atoms with Crippen molar-refractivity contribution >= 4 is 34.6 Å². The molecule has 1 unspecified atom stereocenters. The molecular weight excluding hydrogens is 371 g/mol. The van der Waals surface area contributed by atoms with E-state index in [0.29, 0.717) is 38.2 Å². The number of urea groups is 1. The summed E-state index contributed by atoms with van der Waals surface area (Å²) in [5.74, 6) is -0.708. The van der Waals surface area contributed by atoms with Gasteiger partial charge in [0, 0.05) is 29.7 Å². The minimum atomic E-state index is -0.579. The van der Waals surface area contributed by atoms with E-state index in [1.165, 1.54) is 17.4 Å². The molecule has 1 aromatic carbocycles. The lowest BCUT2D eigenvalue weighted by atomic mass is 10.0. The van der Waals surface area contributed by atoms with Crippen LogP contribution in [0, 0.1) is 12.7 Å². The molecule has 0 bridgehead atoms. The number of carbonyl (C=O) groups is 2. The summed E-state index contributed by atoms with van der Waals surface area (Å²) in [6.07, 6.45) is 0.601. The first-order chi connectivity index (χ1) is 13.0. The van der Waals surface area contributed by atoms with Crippen LogP contribution in [0.25, 0.3) is 0 Å². The fraction of sp³-hybridized carbons (Fsp3) is 0.389. The predicted molar refractivity (Wildman–Crippen MR) is 99.5 cm³/mol. The highest BCUT2D eigenvalue weighted by atomic mass is 32.1. The van der Waals surface area contributed by atoms with Gasteiger partial charge >= 0.3 is 6.03 Å². The van der Waals surface area contributed by atoms with E-state index in [4.69, 9.17) is 4.74 Å². The van der Waals surface area contributed by atoms with Crippen LogP contribution in [-0.4, -0.2) is 41.5 Å². The van der Waals surface area contributed by atoms with Gasteiger partial charge in [-0.05, 0) is 31.0 Å². The topological polar surface area (TPSA) is 83.6 Å². The summed E-state index contributed by atoms with van der Waals surface area (Å²) in [4.78, 5) is 30.1. The molecule has 9 heteroatoms. The van der Waals surface area contributed by atoms with E-state index in [-0.39, 0.29) is 23.7 Å². The standard InChI is InChI=1S/C18H19FN4O3S/c1-10-9-27-17(20-10)15-8-23(4-5-26-15)18(25)22-14-6-11-2-3-16(24)21-13(11)7-12(14)19/h6-7,9,15H,2-5,8H2,1H3,(H,21,24)(H,22,25). The number of fused-ring (bicyclic) bond motifs is 1. The molecule has 1 saturated heterocycles. The molecule has 2 aliphatic rings. The lowest BCUT2D eigenvalue weighted by Crippen LogP contribution is -2.44. The van der Waals surface area contributed by atoms with E-state index in [9.17, 15) is 14.0 Å². The molecule has 0 radical (unpaired) electrons. The third kappa shape index (κ3) is 3.79. The summed E-state index contributed by atoms with van der Waals surface area (Å²) >= 11 is 1.50. The normalized spacial score (nSPS) is 19.4. The second-order valence-corrected chi connectivity index (χ2v) is 7.49. The molecule has 4 rings (SSSR count). The first-order valence-corrected chi connectivity index (χ1v) is 9.59. The Kier molecular flexibility index (Phi) is 4.79. The largest absolute Gasteiger partial charge is 0.367 e. The Hall–Kier alpha value is -2.52. The highest BCUT2D eigenvalue weighted by Crippen LogP contribution is 2.29. The lowest BCUT2D eigenvalue weighted by Gasteiger charge is -2.32. The van der Waals surface area contributed by atoms with Gasteiger partial charge < -0.3 is 20.3 Å². The predicted octanol–water partition coefficient (Wildman–Crippen LogP) is 3.08. The number of hydrogen-bond donors (Lipinski definition) is 2. The van der Waals surface area contributed by atoms with Crippen LogP contribution in [0.2, 0.25) is 0 Å². The molecule has 1 aromatic heterocycles. The van der Waals surface area contributed by atoms with Crippen LogP contribution in [0.4, 0.5) is 20.6 Å². The van der Waals surface area contributed by atoms with Gasteiger partial charge in [-0.3, -0.25) is 4.79 Å². The Morgan fingerprint density at radius 3 is 3.07 bits per heavy atom. The van der Waals surface area contributed by atoms with Crippen molar-refractivity contribution in [2.75, 3.05) is 30.3 Å². The Labute approximate surface area is 159 Å². The van der Waals surface area contributed by atoms with Crippen molar-refractivity contribution in [3.05, 3.63) is 39.6 Å². The first kappa shape index (κ1) is 17.9. The highest BCUT2D eigenvalue weighted by molar-refractivity contribution is 7.09. The van der Waals surface area contributed by atoms with Crippen LogP contribution in [-0.2, 0) is 16.0 Å². The van der Waals surface area contributed by atoms with Gasteiger partial charge in [0.05, 0.1) is 18.8 Å². The second-order valence-electron chi connectivity index (χ2n) is 6.60. The summed E-state index contributed by atoms with van der Waals surface area (Å²) in [6.45, 7) is 3.10. The fourth-order valence-corrected chi connectivity index (χ4v) is 4.03. The number of amides is 3. The maximum Gasteiger partial charge on any atom is 0.322 e. The third-order valence-electron chi connectivity index (χ3n) is 4.60. The molecule has 1 atom stereocenters. The average Bonchev–Trinajstić information content (AvgIpc) is 3.09. The number of morpholine rings is 1. The number of nitrogens with zero attached hydrogens (tertiary/aromatic N) is 2. The number of aromatic nitrogens is 1. The van der Waals surface area contributed by atoms with Gasteiger partial charge in [0.1, 0.15) is 16.9 Å². The van der Waals surface area contributed by atoms with Crippen molar-refractivity contribution in [2.24, 2.45) is 0 Å². The lowest BCUT2D eigenvalue weighted by molar-refractivity contribution is -0.116. The molecule has 27 heavy (non-hydrogen) atoms. The van der Waals surface area contributed by atoms with Crippen molar-refractivity contribution in [3.8, 4) is 0 Å². The van der Waals surface area contributed by atoms with Crippen LogP contribution in [0.5, 0.6) is 0 Å². The summed E-state index contributed by atoms with van der Waals surface area (Å²) < 4.78 is 20.1. The maximum absolute atomic E-state index is 14.4. The Balaban J connectivity index is 1.46. The van der Waals surface area contributed by atoms with Gasteiger partial charge in [-0.1, -0.05) is 0 Å². The molecule has 0 spiro atoms. The number of thiazole rings is 1. The number of hydrogen-bond acceptors (Lipinski definition) is 5. The number of rotatable bonds is 2. The Morgan fingerprint density at radius 2 is 2.30 bits per heavy atom. The second kappa shape index (κ2) is 7.24. The monoisotopic (exact) mass is 390 g/mol. The number of aryl methyl sites for hydroxylation is 2. The molecule has 3 heterocycles. The molecule has 3 amide bonds. The molecule has 7 nitrogen and oxygen atoms in total. The number of nitrogens with one attached hydrogen (secondary N) is 2. The first-order valence-electron chi connectivity index (χ1n) is 8.71. The summed E-state index contributed by atoms with van der Waals surface area (Å²) in [5.41, 5.74) is 2.31. The zero-order chi connectivity index (χ0) is 19.0. The van der Waals surface area contributed by atoms with Crippen molar-refractivity contribution < 1.29 is 18.7 Å². The summed E-state index contributed by atoms with van der Waals surface area (Å²) in [5, 5.41) is 8.07. The highest BCUT2D eigenvalue weighted by Gasteiger charge is 2.28. The fourth-order valence-electron chi connectivity index (χ4n) is 3.20. The zero-order valence-corrected chi connectivity index (χ0v) is 15.6. The van der Waals surface area contributed by atoms with E-state index in [1.807, 2.05) is 12.3 Å². The van der Waals surface area contributed by atoms with Gasteiger partial charge in [-0.25, -0.2) is 14.2 Å². The van der Waals surface area contributed by atoms with Crippen molar-refractivity contribution in [1.82, 2.24) is 9.88 Å². The van der Waals surface area contributed by atoms with Crippen LogP contribution in [0.1, 0.15) is 28.8 Å². The van der Waals surface area contributed by atoms with Crippen molar-refractivity contribution in [2.45, 2.75) is 25.9 Å². The third-order valence-corrected chi connectivity index (χ3v) is 5.65. The van der Waals surface area contributed by atoms with E-state index < -0.39 is 5.82 Å². The van der Waals surface area contributed by atoms with Gasteiger partial charge in [0.25, 0.3) is 0 Å². The van der Waals surface area contributed by atoms with Crippen LogP contribution >= 0.6 is 11.3 Å². The van der Waals surface area contributed by atoms with Gasteiger partial charge in [0.2, 0.25) is 5.91 Å². The Morgan fingerprint density at radius 1 is 1.44 bits per heavy atom. The molecule has 2 aliphatic heterocycles. The molecule has 142 valence electrons. The van der Waals surface area contributed by atoms with E-state index in [1.54, 1.807) is 11.0 Å². The summed E-state index contributed by atoms with van der Waals surface area (Å²) in [6, 6.07) is 2.46. The SMILES string of the molecule is Cc1csc(C2CN(C(=O)Nc3cc4c(cc3F)NC(=O)CC4)CCO2)n1. The number of ether oxygens (including phenoxy) is 1.